The first-order chi connectivity index (χ1) is 10.0. The number of rotatable bonds is 4. The molecule has 1 amide bonds. The Balaban J connectivity index is 2.85. The fourth-order valence-corrected chi connectivity index (χ4v) is 2.04. The zero-order valence-electron chi connectivity index (χ0n) is 13.2. The van der Waals surface area contributed by atoms with Crippen LogP contribution in [-0.4, -0.2) is 35.7 Å². The van der Waals surface area contributed by atoms with Gasteiger partial charge in [-0.3, -0.25) is 4.79 Å². The smallest absolute Gasteiger partial charge is 0.339 e. The zero-order valence-corrected chi connectivity index (χ0v) is 14.8. The number of carbonyl (C=O) groups is 2. The number of benzene rings is 1. The van der Waals surface area contributed by atoms with Crippen LogP contribution in [0.15, 0.2) is 16.6 Å². The van der Waals surface area contributed by atoms with Crippen molar-refractivity contribution in [3.8, 4) is 11.5 Å². The summed E-state index contributed by atoms with van der Waals surface area (Å²) in [5.74, 6) is -1.05. The number of amides is 1. The van der Waals surface area contributed by atoms with Gasteiger partial charge in [0.2, 0.25) is 0 Å². The highest BCUT2D eigenvalue weighted by Crippen LogP contribution is 2.35. The maximum absolute atomic E-state index is 12.1. The van der Waals surface area contributed by atoms with Crippen LogP contribution in [0, 0.1) is 0 Å². The molecule has 0 saturated carbocycles. The van der Waals surface area contributed by atoms with Crippen LogP contribution < -0.4 is 10.1 Å². The summed E-state index contributed by atoms with van der Waals surface area (Å²) in [5, 5.41) is 12.4. The summed E-state index contributed by atoms with van der Waals surface area (Å²) in [6.45, 7) is 7.00. The Bertz CT molecular complexity index is 580. The molecule has 1 aromatic carbocycles. The maximum atomic E-state index is 12.1. The molecule has 0 aromatic heterocycles. The summed E-state index contributed by atoms with van der Waals surface area (Å²) in [5.41, 5.74) is -0.250. The van der Waals surface area contributed by atoms with Crippen molar-refractivity contribution in [1.82, 2.24) is 5.32 Å². The van der Waals surface area contributed by atoms with Gasteiger partial charge in [0.15, 0.2) is 17.6 Å². The van der Waals surface area contributed by atoms with Crippen LogP contribution in [0.4, 0.5) is 0 Å². The molecule has 1 unspecified atom stereocenters. The van der Waals surface area contributed by atoms with Gasteiger partial charge in [-0.25, -0.2) is 4.79 Å². The lowest BCUT2D eigenvalue weighted by Crippen LogP contribution is -2.46. The molecule has 0 spiro atoms. The minimum Gasteiger partial charge on any atom is -0.503 e. The van der Waals surface area contributed by atoms with E-state index in [9.17, 15) is 14.7 Å². The van der Waals surface area contributed by atoms with E-state index in [0.717, 1.165) is 0 Å². The number of aromatic hydroxyl groups is 1. The number of phenolic OH excluding ortho intramolecular Hbond substituents is 1. The molecule has 122 valence electrons. The Labute approximate surface area is 137 Å². The largest absolute Gasteiger partial charge is 0.503 e. The third-order valence-electron chi connectivity index (χ3n) is 2.64. The fourth-order valence-electron chi connectivity index (χ4n) is 1.60. The Kier molecular flexibility index (Phi) is 5.82. The van der Waals surface area contributed by atoms with Gasteiger partial charge < -0.3 is 19.9 Å². The molecule has 0 fully saturated rings. The van der Waals surface area contributed by atoms with E-state index in [1.807, 2.05) is 20.8 Å². The lowest BCUT2D eigenvalue weighted by molar-refractivity contribution is -0.130. The third-order valence-corrected chi connectivity index (χ3v) is 3.24. The van der Waals surface area contributed by atoms with Gasteiger partial charge >= 0.3 is 5.97 Å². The van der Waals surface area contributed by atoms with Crippen molar-refractivity contribution in [3.63, 3.8) is 0 Å². The molecule has 0 aliphatic carbocycles. The first-order valence-corrected chi connectivity index (χ1v) is 7.44. The molecule has 1 aromatic rings. The average molecular weight is 374 g/mol. The number of phenols is 1. The lowest BCUT2D eigenvalue weighted by atomic mass is 10.1. The molecule has 22 heavy (non-hydrogen) atoms. The molecule has 7 heteroatoms. The third kappa shape index (κ3) is 4.91. The SMILES string of the molecule is COc1cc(C(=O)OC(C)C(=O)NC(C)(C)C)cc(Br)c1O. The summed E-state index contributed by atoms with van der Waals surface area (Å²) in [4.78, 5) is 24.0. The van der Waals surface area contributed by atoms with Crippen molar-refractivity contribution in [2.45, 2.75) is 39.3 Å². The van der Waals surface area contributed by atoms with E-state index >= 15 is 0 Å². The van der Waals surface area contributed by atoms with Crippen molar-refractivity contribution in [2.24, 2.45) is 0 Å². The van der Waals surface area contributed by atoms with Crippen LogP contribution in [0.25, 0.3) is 0 Å². The highest BCUT2D eigenvalue weighted by molar-refractivity contribution is 9.10. The number of halogens is 1. The highest BCUT2D eigenvalue weighted by Gasteiger charge is 2.24. The summed E-state index contributed by atoms with van der Waals surface area (Å²) < 4.78 is 10.4. The van der Waals surface area contributed by atoms with Crippen LogP contribution in [0.3, 0.4) is 0 Å². The second-order valence-electron chi connectivity index (χ2n) is 5.80. The van der Waals surface area contributed by atoms with E-state index in [-0.39, 0.29) is 23.0 Å². The Hall–Kier alpha value is -1.76. The molecule has 0 aliphatic heterocycles. The molecule has 6 nitrogen and oxygen atoms in total. The summed E-state index contributed by atoms with van der Waals surface area (Å²) in [6.07, 6.45) is -0.940. The molecular weight excluding hydrogens is 354 g/mol. The standard InChI is InChI=1S/C15H20BrNO5/c1-8(13(19)17-15(2,3)4)22-14(20)9-6-10(16)12(18)11(7-9)21-5/h6-8,18H,1-5H3,(H,17,19). The molecule has 0 aliphatic rings. The number of ether oxygens (including phenoxy) is 2. The summed E-state index contributed by atoms with van der Waals surface area (Å²) in [6, 6.07) is 2.74. The molecule has 0 heterocycles. The van der Waals surface area contributed by atoms with E-state index in [0.29, 0.717) is 4.47 Å². The second kappa shape index (κ2) is 7.00. The van der Waals surface area contributed by atoms with Crippen molar-refractivity contribution in [2.75, 3.05) is 7.11 Å². The topological polar surface area (TPSA) is 84.9 Å². The number of carbonyl (C=O) groups excluding carboxylic acids is 2. The van der Waals surface area contributed by atoms with E-state index in [1.54, 1.807) is 0 Å². The number of hydrogen-bond donors (Lipinski definition) is 2. The normalized spacial score (nSPS) is 12.5. The van der Waals surface area contributed by atoms with Crippen LogP contribution in [0.5, 0.6) is 11.5 Å². The molecule has 1 rings (SSSR count). The van der Waals surface area contributed by atoms with Crippen LogP contribution >= 0.6 is 15.9 Å². The average Bonchev–Trinajstić information content (AvgIpc) is 2.39. The van der Waals surface area contributed by atoms with Gasteiger partial charge in [0.05, 0.1) is 17.1 Å². The Morgan fingerprint density at radius 1 is 1.32 bits per heavy atom. The summed E-state index contributed by atoms with van der Waals surface area (Å²) >= 11 is 3.12. The Morgan fingerprint density at radius 2 is 1.91 bits per heavy atom. The summed E-state index contributed by atoms with van der Waals surface area (Å²) in [7, 11) is 1.37. The van der Waals surface area contributed by atoms with E-state index in [2.05, 4.69) is 21.2 Å². The van der Waals surface area contributed by atoms with Gasteiger partial charge in [-0.1, -0.05) is 0 Å². The molecule has 0 bridgehead atoms. The highest BCUT2D eigenvalue weighted by atomic mass is 79.9. The first kappa shape index (κ1) is 18.3. The molecular formula is C15H20BrNO5. The molecule has 1 atom stereocenters. The van der Waals surface area contributed by atoms with Gasteiger partial charge in [-0.2, -0.15) is 0 Å². The quantitative estimate of drug-likeness (QED) is 0.792. The first-order valence-electron chi connectivity index (χ1n) is 6.64. The van der Waals surface area contributed by atoms with Gasteiger partial charge in [0, 0.05) is 5.54 Å². The predicted octanol–water partition coefficient (Wildman–Crippen LogP) is 2.62. The van der Waals surface area contributed by atoms with Crippen LogP contribution in [0.1, 0.15) is 38.1 Å². The molecule has 2 N–H and O–H groups in total. The van der Waals surface area contributed by atoms with Crippen molar-refractivity contribution >= 4 is 27.8 Å². The van der Waals surface area contributed by atoms with E-state index in [1.165, 1.54) is 26.2 Å². The van der Waals surface area contributed by atoms with Crippen molar-refractivity contribution < 1.29 is 24.2 Å². The van der Waals surface area contributed by atoms with Crippen molar-refractivity contribution in [3.05, 3.63) is 22.2 Å². The number of esters is 1. The second-order valence-corrected chi connectivity index (χ2v) is 6.65. The monoisotopic (exact) mass is 373 g/mol. The minimum atomic E-state index is -0.940. The van der Waals surface area contributed by atoms with Crippen LogP contribution in [0.2, 0.25) is 0 Å². The van der Waals surface area contributed by atoms with Crippen molar-refractivity contribution in [1.29, 1.82) is 0 Å². The Morgan fingerprint density at radius 3 is 2.41 bits per heavy atom. The van der Waals surface area contributed by atoms with Gasteiger partial charge in [-0.15, -0.1) is 0 Å². The molecule has 0 radical (unpaired) electrons. The number of hydrogen-bond acceptors (Lipinski definition) is 5. The van der Waals surface area contributed by atoms with E-state index in [4.69, 9.17) is 9.47 Å². The van der Waals surface area contributed by atoms with E-state index < -0.39 is 17.6 Å². The van der Waals surface area contributed by atoms with Gasteiger partial charge in [-0.05, 0) is 55.8 Å². The maximum Gasteiger partial charge on any atom is 0.339 e. The zero-order chi connectivity index (χ0) is 17.1. The molecule has 0 saturated heterocycles. The van der Waals surface area contributed by atoms with Gasteiger partial charge in [0.1, 0.15) is 0 Å². The lowest BCUT2D eigenvalue weighted by Gasteiger charge is -2.23. The minimum absolute atomic E-state index is 0.113. The fraction of sp³-hybridized carbons (Fsp3) is 0.467. The van der Waals surface area contributed by atoms with Gasteiger partial charge in [0.25, 0.3) is 5.91 Å². The number of nitrogens with one attached hydrogen (secondary N) is 1. The number of methoxy groups -OCH3 is 1. The van der Waals surface area contributed by atoms with Crippen LogP contribution in [-0.2, 0) is 9.53 Å². The predicted molar refractivity (Wildman–Crippen MR) is 85.1 cm³/mol.